The standard InChI is InChI=1S/C13H12F2N2O2/c1-2-19-13(18)12-7-17(8-16-12)6-9-3-4-10(14)5-11(9)15/h3-5,7-8H,2,6H2,1H3. The fourth-order valence-electron chi connectivity index (χ4n) is 1.60. The monoisotopic (exact) mass is 266 g/mol. The van der Waals surface area contributed by atoms with Crippen LogP contribution in [0, 0.1) is 11.6 Å². The molecule has 0 fully saturated rings. The molecule has 0 amide bonds. The van der Waals surface area contributed by atoms with E-state index in [0.29, 0.717) is 5.56 Å². The molecule has 0 radical (unpaired) electrons. The number of benzene rings is 1. The summed E-state index contributed by atoms with van der Waals surface area (Å²) >= 11 is 0. The second-order valence-electron chi connectivity index (χ2n) is 3.89. The number of rotatable bonds is 4. The van der Waals surface area contributed by atoms with Crippen LogP contribution in [0.3, 0.4) is 0 Å². The van der Waals surface area contributed by atoms with E-state index in [-0.39, 0.29) is 18.8 Å². The lowest BCUT2D eigenvalue weighted by atomic mass is 10.2. The van der Waals surface area contributed by atoms with Crippen LogP contribution in [0.2, 0.25) is 0 Å². The van der Waals surface area contributed by atoms with Crippen molar-refractivity contribution >= 4 is 5.97 Å². The average Bonchev–Trinajstić information content (AvgIpc) is 2.82. The zero-order chi connectivity index (χ0) is 13.8. The normalized spacial score (nSPS) is 10.5. The number of halogens is 2. The maximum Gasteiger partial charge on any atom is 0.358 e. The molecule has 2 aromatic rings. The second kappa shape index (κ2) is 5.60. The molecule has 0 aliphatic rings. The van der Waals surface area contributed by atoms with Crippen LogP contribution in [-0.2, 0) is 11.3 Å². The average molecular weight is 266 g/mol. The fraction of sp³-hybridized carbons (Fsp3) is 0.231. The predicted octanol–water partition coefficient (Wildman–Crippen LogP) is 2.39. The minimum absolute atomic E-state index is 0.157. The first-order chi connectivity index (χ1) is 9.10. The van der Waals surface area contributed by atoms with E-state index in [1.807, 2.05) is 0 Å². The van der Waals surface area contributed by atoms with E-state index in [2.05, 4.69) is 4.98 Å². The molecule has 6 heteroatoms. The van der Waals surface area contributed by atoms with E-state index in [1.54, 1.807) is 6.92 Å². The Balaban J connectivity index is 2.13. The summed E-state index contributed by atoms with van der Waals surface area (Å²) in [7, 11) is 0. The van der Waals surface area contributed by atoms with Crippen molar-refractivity contribution in [1.82, 2.24) is 9.55 Å². The van der Waals surface area contributed by atoms with E-state index < -0.39 is 17.6 Å². The summed E-state index contributed by atoms with van der Waals surface area (Å²) in [6.07, 6.45) is 2.86. The van der Waals surface area contributed by atoms with E-state index in [0.717, 1.165) is 6.07 Å². The molecule has 1 heterocycles. The van der Waals surface area contributed by atoms with E-state index in [1.165, 1.54) is 29.2 Å². The smallest absolute Gasteiger partial charge is 0.358 e. The quantitative estimate of drug-likeness (QED) is 0.798. The molecule has 4 nitrogen and oxygen atoms in total. The van der Waals surface area contributed by atoms with Gasteiger partial charge in [-0.25, -0.2) is 18.6 Å². The highest BCUT2D eigenvalue weighted by molar-refractivity contribution is 5.86. The fourth-order valence-corrected chi connectivity index (χ4v) is 1.60. The number of nitrogens with zero attached hydrogens (tertiary/aromatic N) is 2. The lowest BCUT2D eigenvalue weighted by Gasteiger charge is -2.03. The van der Waals surface area contributed by atoms with Gasteiger partial charge in [0, 0.05) is 17.8 Å². The van der Waals surface area contributed by atoms with Gasteiger partial charge in [-0.05, 0) is 13.0 Å². The highest BCUT2D eigenvalue weighted by atomic mass is 19.1. The van der Waals surface area contributed by atoms with Crippen LogP contribution in [0.4, 0.5) is 8.78 Å². The maximum atomic E-state index is 13.5. The highest BCUT2D eigenvalue weighted by Crippen LogP contribution is 2.11. The Labute approximate surface area is 108 Å². The molecular weight excluding hydrogens is 254 g/mol. The number of imidazole rings is 1. The summed E-state index contributed by atoms with van der Waals surface area (Å²) < 4.78 is 32.5. The number of carbonyl (C=O) groups excluding carboxylic acids is 1. The summed E-state index contributed by atoms with van der Waals surface area (Å²) in [6, 6.07) is 3.36. The topological polar surface area (TPSA) is 44.1 Å². The van der Waals surface area contributed by atoms with Crippen molar-refractivity contribution in [2.75, 3.05) is 6.61 Å². The Morgan fingerprint density at radius 1 is 1.42 bits per heavy atom. The van der Waals surface area contributed by atoms with Gasteiger partial charge in [0.25, 0.3) is 0 Å². The van der Waals surface area contributed by atoms with E-state index in [9.17, 15) is 13.6 Å². The van der Waals surface area contributed by atoms with Gasteiger partial charge in [-0.1, -0.05) is 6.07 Å². The molecule has 0 aliphatic carbocycles. The SMILES string of the molecule is CCOC(=O)c1cn(Cc2ccc(F)cc2F)cn1. The van der Waals surface area contributed by atoms with Crippen molar-refractivity contribution in [2.45, 2.75) is 13.5 Å². The molecule has 0 unspecified atom stereocenters. The van der Waals surface area contributed by atoms with Crippen LogP contribution < -0.4 is 0 Å². The molecule has 2 rings (SSSR count). The van der Waals surface area contributed by atoms with Crippen LogP contribution in [-0.4, -0.2) is 22.1 Å². The van der Waals surface area contributed by atoms with Gasteiger partial charge in [0.1, 0.15) is 11.6 Å². The molecule has 19 heavy (non-hydrogen) atoms. The third kappa shape index (κ3) is 3.15. The van der Waals surface area contributed by atoms with Crippen molar-refractivity contribution < 1.29 is 18.3 Å². The molecule has 1 aromatic carbocycles. The lowest BCUT2D eigenvalue weighted by Crippen LogP contribution is -2.05. The van der Waals surface area contributed by atoms with Gasteiger partial charge in [-0.3, -0.25) is 0 Å². The zero-order valence-corrected chi connectivity index (χ0v) is 10.3. The second-order valence-corrected chi connectivity index (χ2v) is 3.89. The Morgan fingerprint density at radius 2 is 2.21 bits per heavy atom. The van der Waals surface area contributed by atoms with Gasteiger partial charge in [0.2, 0.25) is 0 Å². The minimum Gasteiger partial charge on any atom is -0.461 e. The molecule has 100 valence electrons. The Hall–Kier alpha value is -2.24. The summed E-state index contributed by atoms with van der Waals surface area (Å²) in [6.45, 7) is 2.12. The number of esters is 1. The first-order valence-electron chi connectivity index (χ1n) is 5.73. The Morgan fingerprint density at radius 3 is 2.89 bits per heavy atom. The number of hydrogen-bond donors (Lipinski definition) is 0. The molecule has 0 saturated heterocycles. The maximum absolute atomic E-state index is 13.5. The van der Waals surface area contributed by atoms with Gasteiger partial charge >= 0.3 is 5.97 Å². The molecule has 0 N–H and O–H groups in total. The van der Waals surface area contributed by atoms with Crippen molar-refractivity contribution in [3.05, 3.63) is 53.6 Å². The molecule has 0 atom stereocenters. The summed E-state index contributed by atoms with van der Waals surface area (Å²) in [5.74, 6) is -1.79. The third-order valence-electron chi connectivity index (χ3n) is 2.49. The summed E-state index contributed by atoms with van der Waals surface area (Å²) in [5.41, 5.74) is 0.471. The lowest BCUT2D eigenvalue weighted by molar-refractivity contribution is 0.0520. The van der Waals surface area contributed by atoms with Crippen molar-refractivity contribution in [3.63, 3.8) is 0 Å². The van der Waals surface area contributed by atoms with E-state index in [4.69, 9.17) is 4.74 Å². The van der Waals surface area contributed by atoms with Gasteiger partial charge in [0.15, 0.2) is 5.69 Å². The molecule has 0 spiro atoms. The van der Waals surface area contributed by atoms with Crippen molar-refractivity contribution in [2.24, 2.45) is 0 Å². The van der Waals surface area contributed by atoms with E-state index >= 15 is 0 Å². The molecule has 0 saturated carbocycles. The highest BCUT2D eigenvalue weighted by Gasteiger charge is 2.11. The van der Waals surface area contributed by atoms with Crippen LogP contribution in [0.5, 0.6) is 0 Å². The van der Waals surface area contributed by atoms with Gasteiger partial charge in [0.05, 0.1) is 19.5 Å². The molecule has 0 bridgehead atoms. The molecule has 1 aromatic heterocycles. The zero-order valence-electron chi connectivity index (χ0n) is 10.3. The number of aromatic nitrogens is 2. The Bertz CT molecular complexity index is 596. The summed E-state index contributed by atoms with van der Waals surface area (Å²) in [5, 5.41) is 0. The molecule has 0 aliphatic heterocycles. The molecular formula is C13H12F2N2O2. The minimum atomic E-state index is -0.633. The van der Waals surface area contributed by atoms with Gasteiger partial charge in [-0.2, -0.15) is 0 Å². The third-order valence-corrected chi connectivity index (χ3v) is 2.49. The predicted molar refractivity (Wildman–Crippen MR) is 63.6 cm³/mol. The Kier molecular flexibility index (Phi) is 3.89. The first-order valence-corrected chi connectivity index (χ1v) is 5.73. The first kappa shape index (κ1) is 13.2. The van der Waals surface area contributed by atoms with Gasteiger partial charge < -0.3 is 9.30 Å². The van der Waals surface area contributed by atoms with Crippen LogP contribution in [0.25, 0.3) is 0 Å². The summed E-state index contributed by atoms with van der Waals surface area (Å²) in [4.78, 5) is 15.3. The van der Waals surface area contributed by atoms with Crippen LogP contribution in [0.15, 0.2) is 30.7 Å². The van der Waals surface area contributed by atoms with Crippen LogP contribution in [0.1, 0.15) is 23.0 Å². The number of hydrogen-bond acceptors (Lipinski definition) is 3. The van der Waals surface area contributed by atoms with Crippen LogP contribution >= 0.6 is 0 Å². The van der Waals surface area contributed by atoms with Crippen molar-refractivity contribution in [3.8, 4) is 0 Å². The number of ether oxygens (including phenoxy) is 1. The number of carbonyl (C=O) groups is 1. The van der Waals surface area contributed by atoms with Crippen molar-refractivity contribution in [1.29, 1.82) is 0 Å². The largest absolute Gasteiger partial charge is 0.461 e. The van der Waals surface area contributed by atoms with Gasteiger partial charge in [-0.15, -0.1) is 0 Å².